The number of rotatable bonds is 8. The summed E-state index contributed by atoms with van der Waals surface area (Å²) < 4.78 is 13.5. The second kappa shape index (κ2) is 8.27. The maximum absolute atomic E-state index is 13.5. The van der Waals surface area contributed by atoms with Crippen LogP contribution in [0.4, 0.5) is 4.39 Å². The topological polar surface area (TPSA) is 23.6 Å². The van der Waals surface area contributed by atoms with Crippen LogP contribution in [0.3, 0.4) is 0 Å². The Kier molecular flexibility index (Phi) is 6.67. The van der Waals surface area contributed by atoms with Crippen molar-refractivity contribution in [3.05, 3.63) is 61.0 Å². The Labute approximate surface area is 120 Å². The van der Waals surface area contributed by atoms with Crippen molar-refractivity contribution >= 4 is 5.91 Å². The van der Waals surface area contributed by atoms with Gasteiger partial charge in [0.1, 0.15) is 5.82 Å². The highest BCUT2D eigenvalue weighted by atomic mass is 19.1. The van der Waals surface area contributed by atoms with Gasteiger partial charge in [0.05, 0.1) is 6.54 Å². The van der Waals surface area contributed by atoms with Crippen LogP contribution in [-0.4, -0.2) is 42.4 Å². The Balaban J connectivity index is 2.60. The van der Waals surface area contributed by atoms with Crippen LogP contribution in [0.25, 0.3) is 0 Å². The van der Waals surface area contributed by atoms with E-state index < -0.39 is 0 Å². The molecule has 0 saturated carbocycles. The summed E-state index contributed by atoms with van der Waals surface area (Å²) in [5.74, 6) is -0.349. The van der Waals surface area contributed by atoms with Gasteiger partial charge in [0.15, 0.2) is 0 Å². The van der Waals surface area contributed by atoms with E-state index in [1.165, 1.54) is 11.0 Å². The predicted octanol–water partition coefficient (Wildman–Crippen LogP) is 2.46. The molecule has 0 N–H and O–H groups in total. The van der Waals surface area contributed by atoms with Crippen molar-refractivity contribution in [1.29, 1.82) is 0 Å². The fourth-order valence-corrected chi connectivity index (χ4v) is 1.85. The smallest absolute Gasteiger partial charge is 0.236 e. The highest BCUT2D eigenvalue weighted by Gasteiger charge is 2.14. The van der Waals surface area contributed by atoms with Crippen molar-refractivity contribution in [1.82, 2.24) is 9.80 Å². The van der Waals surface area contributed by atoms with Gasteiger partial charge >= 0.3 is 0 Å². The van der Waals surface area contributed by atoms with Crippen LogP contribution in [0, 0.1) is 5.82 Å². The van der Waals surface area contributed by atoms with Gasteiger partial charge in [-0.2, -0.15) is 0 Å². The number of carbonyl (C=O) groups is 1. The van der Waals surface area contributed by atoms with Gasteiger partial charge in [0.2, 0.25) is 5.91 Å². The average molecular weight is 276 g/mol. The zero-order valence-electron chi connectivity index (χ0n) is 11.9. The number of hydrogen-bond donors (Lipinski definition) is 0. The van der Waals surface area contributed by atoms with Crippen molar-refractivity contribution in [3.63, 3.8) is 0 Å². The standard InChI is InChI=1S/C16H21FN2O/c1-4-10-19(11-5-2)13-16(20)18(3)12-14-8-6-7-9-15(14)17/h4-9H,1-2,10-13H2,3H3. The molecule has 0 aliphatic heterocycles. The van der Waals surface area contributed by atoms with Gasteiger partial charge in [0.25, 0.3) is 0 Å². The normalized spacial score (nSPS) is 10.3. The van der Waals surface area contributed by atoms with Crippen LogP contribution in [0.1, 0.15) is 5.56 Å². The van der Waals surface area contributed by atoms with E-state index in [-0.39, 0.29) is 24.8 Å². The van der Waals surface area contributed by atoms with Crippen LogP contribution >= 0.6 is 0 Å². The van der Waals surface area contributed by atoms with Gasteiger partial charge in [-0.15, -0.1) is 13.2 Å². The quantitative estimate of drug-likeness (QED) is 0.681. The van der Waals surface area contributed by atoms with E-state index in [9.17, 15) is 9.18 Å². The number of benzene rings is 1. The molecule has 1 aromatic rings. The van der Waals surface area contributed by atoms with Gasteiger partial charge in [0, 0.05) is 32.2 Å². The Hall–Kier alpha value is -1.94. The summed E-state index contributed by atoms with van der Waals surface area (Å²) in [6, 6.07) is 6.48. The summed E-state index contributed by atoms with van der Waals surface area (Å²) in [7, 11) is 1.68. The van der Waals surface area contributed by atoms with Crippen LogP contribution < -0.4 is 0 Å². The maximum Gasteiger partial charge on any atom is 0.236 e. The van der Waals surface area contributed by atoms with E-state index in [1.54, 1.807) is 37.4 Å². The van der Waals surface area contributed by atoms with Gasteiger partial charge < -0.3 is 4.90 Å². The summed E-state index contributed by atoms with van der Waals surface area (Å²) in [6.07, 6.45) is 3.49. The summed E-state index contributed by atoms with van der Waals surface area (Å²) in [6.45, 7) is 9.09. The van der Waals surface area contributed by atoms with Crippen molar-refractivity contribution in [2.45, 2.75) is 6.54 Å². The van der Waals surface area contributed by atoms with E-state index in [2.05, 4.69) is 13.2 Å². The zero-order valence-corrected chi connectivity index (χ0v) is 11.9. The lowest BCUT2D eigenvalue weighted by Gasteiger charge is -2.23. The minimum absolute atomic E-state index is 0.0584. The molecule has 0 aromatic heterocycles. The molecule has 0 fully saturated rings. The monoisotopic (exact) mass is 276 g/mol. The molecule has 0 radical (unpaired) electrons. The highest BCUT2D eigenvalue weighted by molar-refractivity contribution is 5.78. The molecule has 0 saturated heterocycles. The minimum Gasteiger partial charge on any atom is -0.340 e. The molecular weight excluding hydrogens is 255 g/mol. The maximum atomic E-state index is 13.5. The molecule has 0 heterocycles. The molecule has 1 rings (SSSR count). The molecule has 1 amide bonds. The lowest BCUT2D eigenvalue weighted by molar-refractivity contribution is -0.131. The molecule has 0 aliphatic carbocycles. The van der Waals surface area contributed by atoms with Crippen molar-refractivity contribution in [3.8, 4) is 0 Å². The van der Waals surface area contributed by atoms with E-state index in [0.29, 0.717) is 18.7 Å². The molecule has 3 nitrogen and oxygen atoms in total. The fourth-order valence-electron chi connectivity index (χ4n) is 1.85. The van der Waals surface area contributed by atoms with Crippen molar-refractivity contribution in [2.75, 3.05) is 26.7 Å². The average Bonchev–Trinajstić information content (AvgIpc) is 2.41. The second-order valence-electron chi connectivity index (χ2n) is 4.61. The van der Waals surface area contributed by atoms with E-state index in [0.717, 1.165) is 0 Å². The molecule has 4 heteroatoms. The predicted molar refractivity (Wildman–Crippen MR) is 79.7 cm³/mol. The highest BCUT2D eigenvalue weighted by Crippen LogP contribution is 2.09. The lowest BCUT2D eigenvalue weighted by atomic mass is 10.2. The third kappa shape index (κ3) is 4.97. The van der Waals surface area contributed by atoms with Gasteiger partial charge in [-0.25, -0.2) is 4.39 Å². The first-order chi connectivity index (χ1) is 9.58. The largest absolute Gasteiger partial charge is 0.340 e. The number of carbonyl (C=O) groups excluding carboxylic acids is 1. The van der Waals surface area contributed by atoms with Crippen LogP contribution in [0.15, 0.2) is 49.6 Å². The van der Waals surface area contributed by atoms with Crippen molar-refractivity contribution < 1.29 is 9.18 Å². The van der Waals surface area contributed by atoms with E-state index in [4.69, 9.17) is 0 Å². The molecule has 0 atom stereocenters. The number of likely N-dealkylation sites (N-methyl/N-ethyl adjacent to an activating group) is 1. The van der Waals surface area contributed by atoms with Gasteiger partial charge in [-0.3, -0.25) is 9.69 Å². The Morgan fingerprint density at radius 2 is 1.85 bits per heavy atom. The Morgan fingerprint density at radius 1 is 1.25 bits per heavy atom. The van der Waals surface area contributed by atoms with E-state index in [1.807, 2.05) is 4.90 Å². The molecule has 1 aromatic carbocycles. The molecule has 108 valence electrons. The third-order valence-electron chi connectivity index (χ3n) is 2.92. The minimum atomic E-state index is -0.291. The van der Waals surface area contributed by atoms with Crippen LogP contribution in [-0.2, 0) is 11.3 Å². The number of amides is 1. The van der Waals surface area contributed by atoms with Gasteiger partial charge in [-0.1, -0.05) is 30.4 Å². The molecule has 0 bridgehead atoms. The first-order valence-electron chi connectivity index (χ1n) is 6.50. The number of hydrogen-bond acceptors (Lipinski definition) is 2. The van der Waals surface area contributed by atoms with E-state index >= 15 is 0 Å². The number of nitrogens with zero attached hydrogens (tertiary/aromatic N) is 2. The summed E-state index contributed by atoms with van der Waals surface area (Å²) >= 11 is 0. The fraction of sp³-hybridized carbons (Fsp3) is 0.312. The number of halogens is 1. The van der Waals surface area contributed by atoms with Crippen molar-refractivity contribution in [2.24, 2.45) is 0 Å². The van der Waals surface area contributed by atoms with Crippen LogP contribution in [0.2, 0.25) is 0 Å². The molecule has 20 heavy (non-hydrogen) atoms. The van der Waals surface area contributed by atoms with Gasteiger partial charge in [-0.05, 0) is 6.07 Å². The SMILES string of the molecule is C=CCN(CC=C)CC(=O)N(C)Cc1ccccc1F. The summed E-state index contributed by atoms with van der Waals surface area (Å²) in [5.41, 5.74) is 0.516. The Morgan fingerprint density at radius 3 is 2.40 bits per heavy atom. The second-order valence-corrected chi connectivity index (χ2v) is 4.61. The molecule has 0 aliphatic rings. The summed E-state index contributed by atoms with van der Waals surface area (Å²) in [5, 5.41) is 0. The Bertz CT molecular complexity index is 463. The van der Waals surface area contributed by atoms with Crippen LogP contribution in [0.5, 0.6) is 0 Å². The molecule has 0 unspecified atom stereocenters. The third-order valence-corrected chi connectivity index (χ3v) is 2.92. The first-order valence-corrected chi connectivity index (χ1v) is 6.50. The molecular formula is C16H21FN2O. The molecule has 0 spiro atoms. The lowest BCUT2D eigenvalue weighted by Crippen LogP contribution is -2.38. The zero-order chi connectivity index (χ0) is 15.0. The summed E-state index contributed by atoms with van der Waals surface area (Å²) in [4.78, 5) is 15.6. The first kappa shape index (κ1) is 16.1.